The maximum atomic E-state index is 12.4. The average molecular weight is 270 g/mol. The lowest BCUT2D eigenvalue weighted by Crippen LogP contribution is -2.40. The minimum Gasteiger partial charge on any atom is -0.348 e. The molecule has 0 saturated heterocycles. The predicted octanol–water partition coefficient (Wildman–Crippen LogP) is 1.81. The molecule has 2 aromatic heterocycles. The summed E-state index contributed by atoms with van der Waals surface area (Å²) in [6.45, 7) is 3.75. The van der Waals surface area contributed by atoms with Gasteiger partial charge >= 0.3 is 0 Å². The highest BCUT2D eigenvalue weighted by Crippen LogP contribution is 2.25. The van der Waals surface area contributed by atoms with E-state index in [4.69, 9.17) is 0 Å². The number of aromatic nitrogens is 3. The fourth-order valence-corrected chi connectivity index (χ4v) is 2.76. The molecule has 3 heterocycles. The van der Waals surface area contributed by atoms with Crippen LogP contribution in [0.3, 0.4) is 0 Å². The van der Waals surface area contributed by atoms with Gasteiger partial charge in [-0.25, -0.2) is 9.97 Å². The Morgan fingerprint density at radius 1 is 1.40 bits per heavy atom. The van der Waals surface area contributed by atoms with Crippen LogP contribution in [0.2, 0.25) is 0 Å². The van der Waals surface area contributed by atoms with E-state index >= 15 is 0 Å². The van der Waals surface area contributed by atoms with Gasteiger partial charge in [-0.3, -0.25) is 4.79 Å². The van der Waals surface area contributed by atoms with Crippen molar-refractivity contribution in [1.82, 2.24) is 19.4 Å². The number of fused-ring (bicyclic) bond motifs is 1. The van der Waals surface area contributed by atoms with E-state index in [0.29, 0.717) is 12.8 Å². The minimum atomic E-state index is 0.150. The molecule has 0 aromatic carbocycles. The molecule has 0 radical (unpaired) electrons. The molecule has 5 nitrogen and oxygen atoms in total. The molecule has 1 aliphatic rings. The highest BCUT2D eigenvalue weighted by Gasteiger charge is 2.26. The van der Waals surface area contributed by atoms with E-state index in [1.165, 1.54) is 12.0 Å². The molecule has 1 amide bonds. The van der Waals surface area contributed by atoms with Crippen molar-refractivity contribution < 1.29 is 4.79 Å². The second kappa shape index (κ2) is 5.45. The second-order valence-corrected chi connectivity index (χ2v) is 5.09. The molecule has 0 aliphatic carbocycles. The third-order valence-electron chi connectivity index (χ3n) is 3.90. The van der Waals surface area contributed by atoms with Crippen LogP contribution >= 0.6 is 0 Å². The number of nitrogens with zero attached hydrogens (tertiary/aromatic N) is 4. The Morgan fingerprint density at radius 3 is 3.10 bits per heavy atom. The number of carbonyl (C=O) groups is 1. The van der Waals surface area contributed by atoms with Crippen LogP contribution in [0.25, 0.3) is 0 Å². The van der Waals surface area contributed by atoms with Crippen molar-refractivity contribution in [3.05, 3.63) is 48.3 Å². The maximum Gasteiger partial charge on any atom is 0.223 e. The van der Waals surface area contributed by atoms with E-state index in [1.807, 2.05) is 17.0 Å². The number of hydrogen-bond donors (Lipinski definition) is 0. The average Bonchev–Trinajstić information content (AvgIpc) is 2.96. The molecule has 0 spiro atoms. The third kappa shape index (κ3) is 2.43. The van der Waals surface area contributed by atoms with Crippen molar-refractivity contribution in [2.75, 3.05) is 6.54 Å². The van der Waals surface area contributed by atoms with Crippen molar-refractivity contribution in [2.24, 2.45) is 0 Å². The standard InChI is InChI=1S/C15H18N4O/c1-12-14-3-2-8-18(14)9-10-19(12)15(20)5-4-13-6-7-16-11-17-13/h2-3,6-8,11-12H,4-5,9-10H2,1H3. The van der Waals surface area contributed by atoms with Crippen molar-refractivity contribution in [1.29, 1.82) is 0 Å². The first kappa shape index (κ1) is 12.8. The normalized spacial score (nSPS) is 17.9. The molecule has 3 rings (SSSR count). The molecule has 5 heteroatoms. The third-order valence-corrected chi connectivity index (χ3v) is 3.90. The van der Waals surface area contributed by atoms with Gasteiger partial charge in [0.15, 0.2) is 0 Å². The van der Waals surface area contributed by atoms with E-state index < -0.39 is 0 Å². The van der Waals surface area contributed by atoms with Crippen LogP contribution in [-0.4, -0.2) is 31.9 Å². The molecule has 0 fully saturated rings. The van der Waals surface area contributed by atoms with Crippen molar-refractivity contribution in [3.63, 3.8) is 0 Å². The lowest BCUT2D eigenvalue weighted by atomic mass is 10.1. The van der Waals surface area contributed by atoms with E-state index in [9.17, 15) is 4.79 Å². The molecule has 1 unspecified atom stereocenters. The Bertz CT molecular complexity index is 593. The number of rotatable bonds is 3. The predicted molar refractivity (Wildman–Crippen MR) is 74.9 cm³/mol. The number of hydrogen-bond acceptors (Lipinski definition) is 3. The van der Waals surface area contributed by atoms with Crippen LogP contribution < -0.4 is 0 Å². The molecule has 20 heavy (non-hydrogen) atoms. The van der Waals surface area contributed by atoms with Gasteiger partial charge < -0.3 is 9.47 Å². The number of amides is 1. The molecule has 0 N–H and O–H groups in total. The Hall–Kier alpha value is -2.17. The maximum absolute atomic E-state index is 12.4. The minimum absolute atomic E-state index is 0.150. The van der Waals surface area contributed by atoms with Gasteiger partial charge in [0.05, 0.1) is 6.04 Å². The van der Waals surface area contributed by atoms with Crippen molar-refractivity contribution in [3.8, 4) is 0 Å². The highest BCUT2D eigenvalue weighted by molar-refractivity contribution is 5.77. The van der Waals surface area contributed by atoms with E-state index in [0.717, 1.165) is 18.8 Å². The topological polar surface area (TPSA) is 51.0 Å². The van der Waals surface area contributed by atoms with Gasteiger partial charge in [-0.2, -0.15) is 0 Å². The summed E-state index contributed by atoms with van der Waals surface area (Å²) in [6.07, 6.45) is 6.49. The Balaban J connectivity index is 1.64. The van der Waals surface area contributed by atoms with Crippen molar-refractivity contribution in [2.45, 2.75) is 32.4 Å². The fourth-order valence-electron chi connectivity index (χ4n) is 2.76. The molecule has 1 aliphatic heterocycles. The highest BCUT2D eigenvalue weighted by atomic mass is 16.2. The van der Waals surface area contributed by atoms with Gasteiger partial charge in [0.25, 0.3) is 0 Å². The summed E-state index contributed by atoms with van der Waals surface area (Å²) < 4.78 is 2.22. The van der Waals surface area contributed by atoms with Crippen LogP contribution in [0.15, 0.2) is 36.9 Å². The SMILES string of the molecule is CC1c2cccn2CCN1C(=O)CCc1ccncn1. The van der Waals surface area contributed by atoms with Gasteiger partial charge in [-0.05, 0) is 31.5 Å². The molecule has 2 aromatic rings. The number of aryl methyl sites for hydroxylation is 1. The van der Waals surface area contributed by atoms with E-state index in [2.05, 4.69) is 33.7 Å². The zero-order valence-corrected chi connectivity index (χ0v) is 11.6. The van der Waals surface area contributed by atoms with Crippen molar-refractivity contribution >= 4 is 5.91 Å². The Kier molecular flexibility index (Phi) is 3.50. The largest absolute Gasteiger partial charge is 0.348 e. The van der Waals surface area contributed by atoms with Gasteiger partial charge in [-0.15, -0.1) is 0 Å². The Morgan fingerprint density at radius 2 is 2.30 bits per heavy atom. The molecular weight excluding hydrogens is 252 g/mol. The summed E-state index contributed by atoms with van der Waals surface area (Å²) >= 11 is 0. The molecule has 0 saturated carbocycles. The molecule has 1 atom stereocenters. The van der Waals surface area contributed by atoms with Gasteiger partial charge in [0.2, 0.25) is 5.91 Å². The van der Waals surface area contributed by atoms with E-state index in [1.54, 1.807) is 6.20 Å². The zero-order chi connectivity index (χ0) is 13.9. The summed E-state index contributed by atoms with van der Waals surface area (Å²) in [5.41, 5.74) is 2.13. The molecule has 0 bridgehead atoms. The summed E-state index contributed by atoms with van der Waals surface area (Å²) in [5.74, 6) is 0.198. The van der Waals surface area contributed by atoms with Crippen LogP contribution in [0.4, 0.5) is 0 Å². The first-order valence-electron chi connectivity index (χ1n) is 6.95. The summed E-state index contributed by atoms with van der Waals surface area (Å²) in [4.78, 5) is 22.4. The smallest absolute Gasteiger partial charge is 0.223 e. The molecular formula is C15H18N4O. The lowest BCUT2D eigenvalue weighted by molar-refractivity contribution is -0.134. The van der Waals surface area contributed by atoms with E-state index in [-0.39, 0.29) is 11.9 Å². The summed E-state index contributed by atoms with van der Waals surface area (Å²) in [6, 6.07) is 6.14. The van der Waals surface area contributed by atoms with Crippen LogP contribution in [0.5, 0.6) is 0 Å². The van der Waals surface area contributed by atoms with Crippen LogP contribution in [-0.2, 0) is 17.8 Å². The fraction of sp³-hybridized carbons (Fsp3) is 0.400. The first-order chi connectivity index (χ1) is 9.75. The van der Waals surface area contributed by atoms with Crippen LogP contribution in [0.1, 0.15) is 30.8 Å². The quantitative estimate of drug-likeness (QED) is 0.854. The Labute approximate surface area is 118 Å². The molecule has 104 valence electrons. The lowest BCUT2D eigenvalue weighted by Gasteiger charge is -2.35. The first-order valence-corrected chi connectivity index (χ1v) is 6.95. The van der Waals surface area contributed by atoms with Gasteiger partial charge in [0.1, 0.15) is 6.33 Å². The van der Waals surface area contributed by atoms with Gasteiger partial charge in [-0.1, -0.05) is 0 Å². The summed E-state index contributed by atoms with van der Waals surface area (Å²) in [7, 11) is 0. The monoisotopic (exact) mass is 270 g/mol. The number of carbonyl (C=O) groups excluding carboxylic acids is 1. The van der Waals surface area contributed by atoms with Gasteiger partial charge in [0, 0.05) is 43.3 Å². The zero-order valence-electron chi connectivity index (χ0n) is 11.6. The van der Waals surface area contributed by atoms with Crippen LogP contribution in [0, 0.1) is 0 Å². The summed E-state index contributed by atoms with van der Waals surface area (Å²) in [5, 5.41) is 0. The second-order valence-electron chi connectivity index (χ2n) is 5.09.